The molecule has 138 valence electrons. The number of phenols is 1. The molecular formula is C16H13F3N2O4S. The average molecular weight is 386 g/mol. The van der Waals surface area contributed by atoms with Crippen molar-refractivity contribution in [3.05, 3.63) is 52.2 Å². The van der Waals surface area contributed by atoms with E-state index in [1.165, 1.54) is 47.1 Å². The zero-order valence-electron chi connectivity index (χ0n) is 12.9. The van der Waals surface area contributed by atoms with E-state index in [0.717, 1.165) is 11.3 Å². The number of halogens is 3. The van der Waals surface area contributed by atoms with Gasteiger partial charge >= 0.3 is 12.2 Å². The number of hydrogen-bond donors (Lipinski definition) is 4. The van der Waals surface area contributed by atoms with Crippen LogP contribution in [0.4, 0.5) is 18.0 Å². The largest absolute Gasteiger partial charge is 0.508 e. The van der Waals surface area contributed by atoms with Crippen LogP contribution < -0.4 is 10.6 Å². The molecule has 2 aromatic rings. The average Bonchev–Trinajstić information content (AvgIpc) is 3.08. The van der Waals surface area contributed by atoms with Gasteiger partial charge in [-0.3, -0.25) is 4.79 Å². The summed E-state index contributed by atoms with van der Waals surface area (Å²) in [5.74, 6) is -3.17. The lowest BCUT2D eigenvalue weighted by Crippen LogP contribution is -2.72. The third-order valence-corrected chi connectivity index (χ3v) is 4.99. The first kappa shape index (κ1) is 18.2. The highest BCUT2D eigenvalue weighted by Crippen LogP contribution is 2.44. The number of nitrogens with one attached hydrogen (secondary N) is 2. The number of hydrogen-bond acceptors (Lipinski definition) is 5. The van der Waals surface area contributed by atoms with Gasteiger partial charge in [0.2, 0.25) is 5.72 Å². The molecule has 0 saturated carbocycles. The van der Waals surface area contributed by atoms with Gasteiger partial charge in [-0.15, -0.1) is 11.3 Å². The molecule has 1 fully saturated rings. The van der Waals surface area contributed by atoms with E-state index in [9.17, 15) is 33.0 Å². The fraction of sp³-hybridized carbons (Fsp3) is 0.250. The van der Waals surface area contributed by atoms with Gasteiger partial charge in [0, 0.05) is 0 Å². The molecule has 10 heteroatoms. The summed E-state index contributed by atoms with van der Waals surface area (Å²) in [6.07, 6.45) is -5.29. The Morgan fingerprint density at radius 1 is 1.19 bits per heavy atom. The summed E-state index contributed by atoms with van der Waals surface area (Å²) < 4.78 is 40.9. The molecule has 1 aromatic carbocycles. The summed E-state index contributed by atoms with van der Waals surface area (Å²) in [5.41, 5.74) is -3.62. The van der Waals surface area contributed by atoms with Gasteiger partial charge in [-0.2, -0.15) is 13.2 Å². The minimum Gasteiger partial charge on any atom is -0.508 e. The lowest BCUT2D eigenvalue weighted by atomic mass is 9.78. The molecule has 0 bridgehead atoms. The second-order valence-electron chi connectivity index (χ2n) is 5.75. The minimum atomic E-state index is -5.29. The molecule has 6 nitrogen and oxygen atoms in total. The number of alkyl halides is 3. The van der Waals surface area contributed by atoms with Gasteiger partial charge in [0.1, 0.15) is 11.7 Å². The molecule has 2 heterocycles. The first-order chi connectivity index (χ1) is 12.1. The van der Waals surface area contributed by atoms with Gasteiger partial charge < -0.3 is 20.8 Å². The van der Waals surface area contributed by atoms with Crippen molar-refractivity contribution in [3.63, 3.8) is 0 Å². The van der Waals surface area contributed by atoms with Crippen LogP contribution in [0.3, 0.4) is 0 Å². The number of ketones is 1. The van der Waals surface area contributed by atoms with Crippen molar-refractivity contribution >= 4 is 23.2 Å². The van der Waals surface area contributed by atoms with Crippen LogP contribution in [0.25, 0.3) is 0 Å². The molecule has 0 spiro atoms. The highest BCUT2D eigenvalue weighted by molar-refractivity contribution is 7.12. The third kappa shape index (κ3) is 3.01. The molecule has 3 rings (SSSR count). The Balaban J connectivity index is 2.14. The van der Waals surface area contributed by atoms with Crippen LogP contribution in [0.1, 0.15) is 21.3 Å². The molecule has 3 atom stereocenters. The van der Waals surface area contributed by atoms with Crippen molar-refractivity contribution in [2.75, 3.05) is 0 Å². The van der Waals surface area contributed by atoms with E-state index in [2.05, 4.69) is 5.32 Å². The number of aromatic hydroxyl groups is 1. The lowest BCUT2D eigenvalue weighted by molar-refractivity contribution is -0.287. The zero-order valence-corrected chi connectivity index (χ0v) is 13.8. The number of aliphatic hydroxyl groups is 1. The normalized spacial score (nSPS) is 26.1. The number of carbonyl (C=O) groups excluding carboxylic acids is 2. The number of thiophene rings is 1. The molecule has 2 amide bonds. The maximum Gasteiger partial charge on any atom is 0.437 e. The van der Waals surface area contributed by atoms with E-state index < -0.39 is 35.7 Å². The molecule has 1 saturated heterocycles. The Morgan fingerprint density at radius 2 is 1.85 bits per heavy atom. The number of carbonyl (C=O) groups is 2. The van der Waals surface area contributed by atoms with Crippen LogP contribution in [0.5, 0.6) is 5.75 Å². The van der Waals surface area contributed by atoms with Crippen molar-refractivity contribution in [1.29, 1.82) is 0 Å². The molecule has 4 N–H and O–H groups in total. The predicted octanol–water partition coefficient (Wildman–Crippen LogP) is 2.56. The Morgan fingerprint density at radius 3 is 2.38 bits per heavy atom. The van der Waals surface area contributed by atoms with Crippen LogP contribution in [0.15, 0.2) is 41.8 Å². The summed E-state index contributed by atoms with van der Waals surface area (Å²) in [4.78, 5) is 24.6. The fourth-order valence-electron chi connectivity index (χ4n) is 2.87. The Hall–Kier alpha value is -2.59. The number of Topliss-reactive ketones (excluding diaryl/α,β-unsaturated/α-hetero) is 1. The van der Waals surface area contributed by atoms with Crippen molar-refractivity contribution in [2.24, 2.45) is 5.92 Å². The number of amides is 2. The van der Waals surface area contributed by atoms with E-state index in [0.29, 0.717) is 0 Å². The van der Waals surface area contributed by atoms with Gasteiger partial charge in [0.25, 0.3) is 0 Å². The van der Waals surface area contributed by atoms with Crippen molar-refractivity contribution in [3.8, 4) is 5.75 Å². The number of rotatable bonds is 3. The molecule has 0 unspecified atom stereocenters. The molecule has 1 aliphatic heterocycles. The predicted molar refractivity (Wildman–Crippen MR) is 85.7 cm³/mol. The molecule has 1 aliphatic rings. The van der Waals surface area contributed by atoms with E-state index in [-0.39, 0.29) is 16.2 Å². The maximum absolute atomic E-state index is 13.6. The van der Waals surface area contributed by atoms with Gasteiger partial charge in [-0.25, -0.2) is 4.79 Å². The van der Waals surface area contributed by atoms with E-state index >= 15 is 0 Å². The molecule has 0 radical (unpaired) electrons. The smallest absolute Gasteiger partial charge is 0.437 e. The van der Waals surface area contributed by atoms with Crippen LogP contribution in [0.2, 0.25) is 0 Å². The van der Waals surface area contributed by atoms with Crippen LogP contribution in [-0.2, 0) is 0 Å². The monoisotopic (exact) mass is 386 g/mol. The van der Waals surface area contributed by atoms with Crippen molar-refractivity contribution < 1.29 is 33.0 Å². The summed E-state index contributed by atoms with van der Waals surface area (Å²) in [6.45, 7) is 0. The van der Waals surface area contributed by atoms with Crippen LogP contribution in [0, 0.1) is 5.92 Å². The molecule has 0 aliphatic carbocycles. The third-order valence-electron chi connectivity index (χ3n) is 4.10. The number of benzene rings is 1. The van der Waals surface area contributed by atoms with Crippen LogP contribution in [-0.4, -0.2) is 33.9 Å². The van der Waals surface area contributed by atoms with E-state index in [1.807, 2.05) is 0 Å². The van der Waals surface area contributed by atoms with Gasteiger partial charge in [-0.1, -0.05) is 18.2 Å². The summed E-state index contributed by atoms with van der Waals surface area (Å²) in [5, 5.41) is 24.9. The molecular weight excluding hydrogens is 373 g/mol. The van der Waals surface area contributed by atoms with Gasteiger partial charge in [-0.05, 0) is 29.1 Å². The Kier molecular flexibility index (Phi) is 4.41. The van der Waals surface area contributed by atoms with E-state index in [1.54, 1.807) is 0 Å². The molecule has 26 heavy (non-hydrogen) atoms. The summed E-state index contributed by atoms with van der Waals surface area (Å²) in [7, 11) is 0. The lowest BCUT2D eigenvalue weighted by Gasteiger charge is -2.44. The van der Waals surface area contributed by atoms with Crippen molar-refractivity contribution in [2.45, 2.75) is 17.9 Å². The quantitative estimate of drug-likeness (QED) is 0.610. The highest BCUT2D eigenvalue weighted by Gasteiger charge is 2.66. The summed E-state index contributed by atoms with van der Waals surface area (Å²) in [6, 6.07) is 5.09. The minimum absolute atomic E-state index is 0.0133. The summed E-state index contributed by atoms with van der Waals surface area (Å²) >= 11 is 0.928. The second-order valence-corrected chi connectivity index (χ2v) is 6.70. The van der Waals surface area contributed by atoms with Crippen molar-refractivity contribution in [1.82, 2.24) is 10.6 Å². The zero-order chi connectivity index (χ0) is 19.1. The Bertz CT molecular complexity index is 823. The molecule has 1 aromatic heterocycles. The first-order valence-corrected chi connectivity index (χ1v) is 8.26. The second kappa shape index (κ2) is 6.29. The topological polar surface area (TPSA) is 98.7 Å². The van der Waals surface area contributed by atoms with E-state index in [4.69, 9.17) is 0 Å². The number of phenolic OH excluding ortho intramolecular Hbond substituents is 1. The first-order valence-electron chi connectivity index (χ1n) is 7.38. The number of urea groups is 1. The van der Waals surface area contributed by atoms with Gasteiger partial charge in [0.05, 0.1) is 10.9 Å². The standard InChI is InChI=1S/C16H13F3N2O4S/c17-16(18,19)15(25)11(13(23)10-2-1-7-26-10)12(20-14(24)21-15)8-3-5-9(22)6-4-8/h1-7,11-12,22,25H,(H2,20,21,24)/t11-,12+,15+/m1/s1. The van der Waals surface area contributed by atoms with Gasteiger partial charge in [0.15, 0.2) is 5.78 Å². The highest BCUT2D eigenvalue weighted by atomic mass is 32.1. The fourth-order valence-corrected chi connectivity index (χ4v) is 3.57. The SMILES string of the molecule is O=C1N[C@@H](c2ccc(O)cc2)[C@H](C(=O)c2cccs2)[C@](O)(C(F)(F)F)N1. The Labute approximate surface area is 149 Å². The maximum atomic E-state index is 13.6. The van der Waals surface area contributed by atoms with Crippen LogP contribution >= 0.6 is 11.3 Å².